The number of amides is 1. The molecule has 2 N–H and O–H groups in total. The van der Waals surface area contributed by atoms with Crippen LogP contribution in [0.1, 0.15) is 34.5 Å². The molecule has 1 aromatic carbocycles. The van der Waals surface area contributed by atoms with E-state index in [1.807, 2.05) is 0 Å². The van der Waals surface area contributed by atoms with Gasteiger partial charge >= 0.3 is 0 Å². The van der Waals surface area contributed by atoms with E-state index in [0.29, 0.717) is 24.0 Å². The van der Waals surface area contributed by atoms with Crippen molar-refractivity contribution in [3.8, 4) is 5.75 Å². The summed E-state index contributed by atoms with van der Waals surface area (Å²) < 4.78 is 40.2. The van der Waals surface area contributed by atoms with Gasteiger partial charge in [0.25, 0.3) is 11.5 Å². The summed E-state index contributed by atoms with van der Waals surface area (Å²) >= 11 is 0. The fourth-order valence-electron chi connectivity index (χ4n) is 2.99. The van der Waals surface area contributed by atoms with Crippen molar-refractivity contribution >= 4 is 21.9 Å². The van der Waals surface area contributed by atoms with Crippen molar-refractivity contribution in [3.05, 3.63) is 51.2 Å². The molecule has 1 aliphatic rings. The van der Waals surface area contributed by atoms with Crippen LogP contribution in [0.5, 0.6) is 5.75 Å². The predicted octanol–water partition coefficient (Wildman–Crippen LogP) is 0.793. The lowest BCUT2D eigenvalue weighted by Crippen LogP contribution is -2.42. The van der Waals surface area contributed by atoms with Crippen molar-refractivity contribution < 1.29 is 22.7 Å². The number of aromatic hydroxyl groups is 1. The van der Waals surface area contributed by atoms with Gasteiger partial charge in [-0.05, 0) is 37.0 Å². The summed E-state index contributed by atoms with van der Waals surface area (Å²) in [5.74, 6) is -2.53. The molecule has 11 heteroatoms. The van der Waals surface area contributed by atoms with Crippen LogP contribution >= 0.6 is 0 Å². The molecule has 0 atom stereocenters. The van der Waals surface area contributed by atoms with Gasteiger partial charge in [-0.2, -0.15) is 0 Å². The van der Waals surface area contributed by atoms with Crippen LogP contribution < -0.4 is 15.2 Å². The first-order valence-electron chi connectivity index (χ1n) is 8.95. The van der Waals surface area contributed by atoms with E-state index in [2.05, 4.69) is 10.3 Å². The van der Waals surface area contributed by atoms with Gasteiger partial charge in [-0.15, -0.1) is 0 Å². The lowest BCUT2D eigenvalue weighted by atomic mass is 10.1. The predicted molar refractivity (Wildman–Crippen MR) is 104 cm³/mol. The van der Waals surface area contributed by atoms with Gasteiger partial charge in [0.2, 0.25) is 21.7 Å². The average molecular weight is 424 g/mol. The van der Waals surface area contributed by atoms with Gasteiger partial charge in [0, 0.05) is 20.1 Å². The van der Waals surface area contributed by atoms with Gasteiger partial charge in [0.15, 0.2) is 5.69 Å². The second-order valence-corrected chi connectivity index (χ2v) is 8.85. The lowest BCUT2D eigenvalue weighted by molar-refractivity contribution is 0.0942. The first kappa shape index (κ1) is 20.8. The number of nitrogens with one attached hydrogen (secondary N) is 1. The van der Waals surface area contributed by atoms with E-state index in [1.165, 1.54) is 13.1 Å². The number of rotatable bonds is 4. The Balaban J connectivity index is 1.92. The number of aromatic nitrogens is 2. The second-order valence-electron chi connectivity index (χ2n) is 6.83. The van der Waals surface area contributed by atoms with Crippen LogP contribution in [0.4, 0.5) is 10.3 Å². The van der Waals surface area contributed by atoms with E-state index in [9.17, 15) is 27.5 Å². The molecule has 0 radical (unpaired) electrons. The molecule has 0 bridgehead atoms. The van der Waals surface area contributed by atoms with Crippen molar-refractivity contribution in [1.29, 1.82) is 0 Å². The van der Waals surface area contributed by atoms with E-state index < -0.39 is 38.8 Å². The van der Waals surface area contributed by atoms with Crippen LogP contribution in [0.15, 0.2) is 23.0 Å². The topological polar surface area (TPSA) is 122 Å². The maximum Gasteiger partial charge on any atom is 0.297 e. The van der Waals surface area contributed by atoms with E-state index >= 15 is 0 Å². The van der Waals surface area contributed by atoms with Crippen LogP contribution in [-0.2, 0) is 23.6 Å². The fourth-order valence-corrected chi connectivity index (χ4v) is 4.59. The van der Waals surface area contributed by atoms with Crippen LogP contribution in [0.25, 0.3) is 0 Å². The number of halogens is 1. The van der Waals surface area contributed by atoms with E-state index in [-0.39, 0.29) is 24.8 Å². The highest BCUT2D eigenvalue weighted by Crippen LogP contribution is 2.22. The number of carbonyl (C=O) groups is 1. The SMILES string of the molecule is Cc1ccc(CNC(=O)c2nc(N3CCCCS3(=O)=O)n(C)c(=O)c2O)cc1F. The van der Waals surface area contributed by atoms with Crippen molar-refractivity contribution in [2.24, 2.45) is 7.05 Å². The summed E-state index contributed by atoms with van der Waals surface area (Å²) in [7, 11) is -2.41. The fraction of sp³-hybridized carbons (Fsp3) is 0.389. The standard InChI is InChI=1S/C18H21FN4O5S/c1-11-5-6-12(9-13(11)19)10-20-16(25)14-15(24)17(26)22(2)18(21-14)23-7-3-4-8-29(23,27)28/h5-6,9,24H,3-4,7-8,10H2,1-2H3,(H,20,25). The van der Waals surface area contributed by atoms with Crippen LogP contribution in [-0.4, -0.2) is 41.3 Å². The Labute approximate surface area is 166 Å². The molecule has 0 saturated carbocycles. The molecule has 0 unspecified atom stereocenters. The summed E-state index contributed by atoms with van der Waals surface area (Å²) in [4.78, 5) is 28.8. The Hall–Kier alpha value is -2.95. The molecule has 0 spiro atoms. The molecular formula is C18H21FN4O5S. The number of hydrogen-bond acceptors (Lipinski definition) is 6. The minimum Gasteiger partial charge on any atom is -0.501 e. The molecule has 1 aromatic heterocycles. The number of anilines is 1. The summed E-state index contributed by atoms with van der Waals surface area (Å²) in [6.07, 6.45) is 1.07. The molecule has 1 saturated heterocycles. The summed E-state index contributed by atoms with van der Waals surface area (Å²) in [5.41, 5.74) is -0.597. The molecule has 9 nitrogen and oxygen atoms in total. The Morgan fingerprint density at radius 3 is 2.72 bits per heavy atom. The van der Waals surface area contributed by atoms with Crippen molar-refractivity contribution in [3.63, 3.8) is 0 Å². The van der Waals surface area contributed by atoms with Gasteiger partial charge in [0.1, 0.15) is 5.82 Å². The van der Waals surface area contributed by atoms with Gasteiger partial charge in [-0.3, -0.25) is 14.2 Å². The minimum absolute atomic E-state index is 0.0658. The molecule has 2 heterocycles. The number of aryl methyl sites for hydroxylation is 1. The van der Waals surface area contributed by atoms with Crippen LogP contribution in [0, 0.1) is 12.7 Å². The zero-order valence-corrected chi connectivity index (χ0v) is 16.8. The van der Waals surface area contributed by atoms with E-state index in [4.69, 9.17) is 0 Å². The maximum atomic E-state index is 13.6. The normalized spacial score (nSPS) is 15.9. The lowest BCUT2D eigenvalue weighted by Gasteiger charge is -2.28. The number of nitrogens with zero attached hydrogens (tertiary/aromatic N) is 3. The van der Waals surface area contributed by atoms with Gasteiger partial charge < -0.3 is 10.4 Å². The number of benzene rings is 1. The highest BCUT2D eigenvalue weighted by Gasteiger charge is 2.31. The molecule has 3 rings (SSSR count). The van der Waals surface area contributed by atoms with Crippen molar-refractivity contribution in [1.82, 2.24) is 14.9 Å². The number of sulfonamides is 1. The second kappa shape index (κ2) is 7.82. The zero-order valence-electron chi connectivity index (χ0n) is 16.0. The summed E-state index contributed by atoms with van der Waals surface area (Å²) in [6, 6.07) is 4.45. The molecule has 1 amide bonds. The maximum absolute atomic E-state index is 13.6. The van der Waals surface area contributed by atoms with Gasteiger partial charge in [0.05, 0.1) is 5.75 Å². The van der Waals surface area contributed by atoms with Crippen molar-refractivity contribution in [2.45, 2.75) is 26.3 Å². The number of hydrogen-bond donors (Lipinski definition) is 2. The third kappa shape index (κ3) is 4.09. The highest BCUT2D eigenvalue weighted by molar-refractivity contribution is 7.92. The van der Waals surface area contributed by atoms with E-state index in [1.54, 1.807) is 19.1 Å². The summed E-state index contributed by atoms with van der Waals surface area (Å²) in [5, 5.41) is 12.6. The molecular weight excluding hydrogens is 403 g/mol. The first-order valence-corrected chi connectivity index (χ1v) is 10.6. The molecule has 1 aliphatic heterocycles. The van der Waals surface area contributed by atoms with E-state index in [0.717, 1.165) is 8.87 Å². The number of carbonyl (C=O) groups excluding carboxylic acids is 1. The Morgan fingerprint density at radius 1 is 1.34 bits per heavy atom. The monoisotopic (exact) mass is 424 g/mol. The molecule has 0 aliphatic carbocycles. The van der Waals surface area contributed by atoms with Crippen molar-refractivity contribution in [2.75, 3.05) is 16.6 Å². The zero-order chi connectivity index (χ0) is 21.3. The largest absolute Gasteiger partial charge is 0.501 e. The molecule has 29 heavy (non-hydrogen) atoms. The third-order valence-corrected chi connectivity index (χ3v) is 6.54. The summed E-state index contributed by atoms with van der Waals surface area (Å²) in [6.45, 7) is 1.66. The van der Waals surface area contributed by atoms with Crippen LogP contribution in [0.2, 0.25) is 0 Å². The molecule has 1 fully saturated rings. The van der Waals surface area contributed by atoms with Gasteiger partial charge in [-0.1, -0.05) is 12.1 Å². The average Bonchev–Trinajstić information content (AvgIpc) is 2.67. The van der Waals surface area contributed by atoms with Crippen LogP contribution in [0.3, 0.4) is 0 Å². The third-order valence-electron chi connectivity index (χ3n) is 4.72. The molecule has 156 valence electrons. The smallest absolute Gasteiger partial charge is 0.297 e. The Kier molecular flexibility index (Phi) is 5.60. The Morgan fingerprint density at radius 2 is 2.07 bits per heavy atom. The molecule has 2 aromatic rings. The van der Waals surface area contributed by atoms with Gasteiger partial charge in [-0.25, -0.2) is 22.1 Å². The first-order chi connectivity index (χ1) is 13.6. The quantitative estimate of drug-likeness (QED) is 0.749. The Bertz CT molecular complexity index is 1130. The minimum atomic E-state index is -3.68. The highest BCUT2D eigenvalue weighted by atomic mass is 32.2.